The summed E-state index contributed by atoms with van der Waals surface area (Å²) in [5.41, 5.74) is 4.81. The maximum Gasteiger partial charge on any atom is 0.225 e. The van der Waals surface area contributed by atoms with E-state index in [2.05, 4.69) is 15.3 Å². The standard InChI is InChI=1S/C30H25ClF3N3O/c1-17-25(26-15-21(32)8-9-27(26)36-17)16-29(38)37-28(13-18-11-22(33)14-23(34)12-18)30-24(3-2-10-35-30)19-4-6-20(31)7-5-19/h2-6,8-12,14-15,20,28,36H,7,13,16H2,1H3,(H,37,38)/t20?,28-/m0/s1. The Balaban J connectivity index is 1.49. The molecule has 1 aliphatic carbocycles. The van der Waals surface area contributed by atoms with Gasteiger partial charge in [-0.05, 0) is 72.9 Å². The van der Waals surface area contributed by atoms with E-state index in [1.165, 1.54) is 24.3 Å². The van der Waals surface area contributed by atoms with Crippen LogP contribution in [0.2, 0.25) is 0 Å². The maximum atomic E-state index is 14.0. The third-order valence-electron chi connectivity index (χ3n) is 6.64. The van der Waals surface area contributed by atoms with Gasteiger partial charge >= 0.3 is 0 Å². The van der Waals surface area contributed by atoms with Crippen molar-refractivity contribution in [2.75, 3.05) is 0 Å². The Kier molecular flexibility index (Phi) is 7.38. The van der Waals surface area contributed by atoms with Gasteiger partial charge in [0.05, 0.1) is 23.5 Å². The molecule has 0 spiro atoms. The van der Waals surface area contributed by atoms with E-state index >= 15 is 0 Å². The van der Waals surface area contributed by atoms with Crippen molar-refractivity contribution >= 4 is 34.0 Å². The zero-order valence-corrected chi connectivity index (χ0v) is 21.3. The average Bonchev–Trinajstić information content (AvgIpc) is 3.17. The van der Waals surface area contributed by atoms with E-state index in [0.717, 1.165) is 28.4 Å². The molecule has 4 nitrogen and oxygen atoms in total. The first-order valence-electron chi connectivity index (χ1n) is 12.3. The smallest absolute Gasteiger partial charge is 0.225 e. The molecule has 5 rings (SSSR count). The number of benzene rings is 2. The molecule has 0 fully saturated rings. The molecule has 0 bridgehead atoms. The fourth-order valence-electron chi connectivity index (χ4n) is 4.90. The van der Waals surface area contributed by atoms with Crippen molar-refractivity contribution in [2.45, 2.75) is 37.6 Å². The second-order valence-corrected chi connectivity index (χ2v) is 9.96. The van der Waals surface area contributed by atoms with Crippen molar-refractivity contribution in [3.8, 4) is 0 Å². The van der Waals surface area contributed by atoms with Crippen LogP contribution < -0.4 is 5.32 Å². The minimum Gasteiger partial charge on any atom is -0.358 e. The van der Waals surface area contributed by atoms with Gasteiger partial charge in [0.2, 0.25) is 5.91 Å². The van der Waals surface area contributed by atoms with Gasteiger partial charge in [0.1, 0.15) is 17.5 Å². The van der Waals surface area contributed by atoms with Gasteiger partial charge in [-0.25, -0.2) is 13.2 Å². The highest BCUT2D eigenvalue weighted by Crippen LogP contribution is 2.30. The summed E-state index contributed by atoms with van der Waals surface area (Å²) in [5, 5.41) is 3.55. The molecule has 4 aromatic rings. The van der Waals surface area contributed by atoms with Crippen LogP contribution in [-0.4, -0.2) is 21.3 Å². The molecular weight excluding hydrogens is 511 g/mol. The second-order valence-electron chi connectivity index (χ2n) is 9.40. The number of aromatic amines is 1. The fourth-order valence-corrected chi connectivity index (χ4v) is 5.06. The van der Waals surface area contributed by atoms with Crippen molar-refractivity contribution in [2.24, 2.45) is 0 Å². The van der Waals surface area contributed by atoms with Crippen LogP contribution in [-0.2, 0) is 17.6 Å². The molecule has 38 heavy (non-hydrogen) atoms. The first kappa shape index (κ1) is 25.8. The lowest BCUT2D eigenvalue weighted by molar-refractivity contribution is -0.121. The molecule has 194 valence electrons. The predicted octanol–water partition coefficient (Wildman–Crippen LogP) is 6.88. The van der Waals surface area contributed by atoms with Gasteiger partial charge in [0.15, 0.2) is 0 Å². The Bertz CT molecular complexity index is 1560. The van der Waals surface area contributed by atoms with E-state index in [9.17, 15) is 18.0 Å². The van der Waals surface area contributed by atoms with Gasteiger partial charge < -0.3 is 10.3 Å². The van der Waals surface area contributed by atoms with Crippen LogP contribution in [0.5, 0.6) is 0 Å². The van der Waals surface area contributed by atoms with Crippen LogP contribution >= 0.6 is 11.6 Å². The van der Waals surface area contributed by atoms with Crippen LogP contribution in [0.25, 0.3) is 16.5 Å². The van der Waals surface area contributed by atoms with E-state index in [1.807, 2.05) is 31.2 Å². The molecule has 8 heteroatoms. The van der Waals surface area contributed by atoms with Crippen LogP contribution in [0.1, 0.15) is 40.5 Å². The SMILES string of the molecule is Cc1[nH]c2ccc(F)cc2c1CC(=O)N[C@@H](Cc1cc(F)cc(F)c1)c1ncccc1C1=CCC(Cl)C=C1. The number of allylic oxidation sites excluding steroid dienone is 4. The third-order valence-corrected chi connectivity index (χ3v) is 6.97. The second kappa shape index (κ2) is 10.9. The average molecular weight is 536 g/mol. The quantitative estimate of drug-likeness (QED) is 0.253. The predicted molar refractivity (Wildman–Crippen MR) is 143 cm³/mol. The number of halogens is 4. The van der Waals surface area contributed by atoms with Crippen molar-refractivity contribution in [3.63, 3.8) is 0 Å². The summed E-state index contributed by atoms with van der Waals surface area (Å²) in [5.74, 6) is -2.12. The topological polar surface area (TPSA) is 57.8 Å². The number of pyridine rings is 1. The summed E-state index contributed by atoms with van der Waals surface area (Å²) in [6.45, 7) is 1.83. The molecule has 2 heterocycles. The van der Waals surface area contributed by atoms with Gasteiger partial charge in [-0.2, -0.15) is 0 Å². The number of hydrogen-bond acceptors (Lipinski definition) is 2. The monoisotopic (exact) mass is 535 g/mol. The normalized spacial score (nSPS) is 15.9. The van der Waals surface area contributed by atoms with E-state index in [1.54, 1.807) is 18.3 Å². The highest BCUT2D eigenvalue weighted by molar-refractivity contribution is 6.22. The Morgan fingerprint density at radius 1 is 1.13 bits per heavy atom. The van der Waals surface area contributed by atoms with E-state index in [4.69, 9.17) is 11.6 Å². The van der Waals surface area contributed by atoms with Crippen LogP contribution in [0.15, 0.2) is 73.0 Å². The Hall–Kier alpha value is -3.84. The lowest BCUT2D eigenvalue weighted by atomic mass is 9.92. The summed E-state index contributed by atoms with van der Waals surface area (Å²) < 4.78 is 42.0. The van der Waals surface area contributed by atoms with Crippen LogP contribution in [0.4, 0.5) is 13.2 Å². The number of hydrogen-bond donors (Lipinski definition) is 2. The molecule has 2 N–H and O–H groups in total. The zero-order chi connectivity index (χ0) is 26.8. The van der Waals surface area contributed by atoms with Gasteiger partial charge in [-0.3, -0.25) is 9.78 Å². The van der Waals surface area contributed by atoms with Gasteiger partial charge in [-0.1, -0.05) is 24.3 Å². The number of aromatic nitrogens is 2. The number of fused-ring (bicyclic) bond motifs is 1. The van der Waals surface area contributed by atoms with Crippen LogP contribution in [0, 0.1) is 24.4 Å². The molecule has 1 amide bonds. The van der Waals surface area contributed by atoms with Gasteiger partial charge in [-0.15, -0.1) is 11.6 Å². The van der Waals surface area contributed by atoms with Crippen LogP contribution in [0.3, 0.4) is 0 Å². The van der Waals surface area contributed by atoms with E-state index in [-0.39, 0.29) is 24.1 Å². The number of amides is 1. The summed E-state index contributed by atoms with van der Waals surface area (Å²) in [7, 11) is 0. The fraction of sp³-hybridized carbons (Fsp3) is 0.200. The largest absolute Gasteiger partial charge is 0.358 e. The number of aryl methyl sites for hydroxylation is 1. The summed E-state index contributed by atoms with van der Waals surface area (Å²) in [4.78, 5) is 21.2. The minimum atomic E-state index is -0.700. The number of nitrogens with zero attached hydrogens (tertiary/aromatic N) is 1. The number of alkyl halides is 1. The zero-order valence-electron chi connectivity index (χ0n) is 20.6. The summed E-state index contributed by atoms with van der Waals surface area (Å²) in [6.07, 6.45) is 8.17. The molecule has 0 saturated carbocycles. The molecule has 0 saturated heterocycles. The van der Waals surface area contributed by atoms with E-state index in [0.29, 0.717) is 28.6 Å². The number of rotatable bonds is 7. The lowest BCUT2D eigenvalue weighted by Crippen LogP contribution is -2.32. The van der Waals surface area contributed by atoms with Crippen molar-refractivity contribution in [1.82, 2.24) is 15.3 Å². The summed E-state index contributed by atoms with van der Waals surface area (Å²) in [6, 6.07) is 10.7. The number of nitrogens with one attached hydrogen (secondary N) is 2. The molecule has 1 unspecified atom stereocenters. The van der Waals surface area contributed by atoms with Gasteiger partial charge in [0.25, 0.3) is 0 Å². The van der Waals surface area contributed by atoms with Crippen molar-refractivity contribution < 1.29 is 18.0 Å². The molecule has 2 aromatic heterocycles. The van der Waals surface area contributed by atoms with E-state index < -0.39 is 23.5 Å². The minimum absolute atomic E-state index is 0.0119. The Labute approximate surface area is 223 Å². The van der Waals surface area contributed by atoms with Gasteiger partial charge in [0, 0.05) is 34.4 Å². The first-order chi connectivity index (χ1) is 18.3. The van der Waals surface area contributed by atoms with Crippen molar-refractivity contribution in [1.29, 1.82) is 0 Å². The maximum absolute atomic E-state index is 14.0. The third kappa shape index (κ3) is 5.68. The molecule has 0 aliphatic heterocycles. The molecule has 2 atom stereocenters. The molecule has 1 aliphatic rings. The Morgan fingerprint density at radius 2 is 1.92 bits per heavy atom. The molecule has 2 aromatic carbocycles. The number of carbonyl (C=O) groups excluding carboxylic acids is 1. The molecular formula is C30H25ClF3N3O. The Morgan fingerprint density at radius 3 is 2.66 bits per heavy atom. The molecule has 0 radical (unpaired) electrons. The highest BCUT2D eigenvalue weighted by Gasteiger charge is 2.23. The lowest BCUT2D eigenvalue weighted by Gasteiger charge is -2.23. The van der Waals surface area contributed by atoms with Crippen molar-refractivity contribution in [3.05, 3.63) is 118 Å². The highest BCUT2D eigenvalue weighted by atomic mass is 35.5. The first-order valence-corrected chi connectivity index (χ1v) is 12.7. The summed E-state index contributed by atoms with van der Waals surface area (Å²) >= 11 is 6.21. The number of H-pyrrole nitrogens is 1. The number of carbonyl (C=O) groups is 1.